The Labute approximate surface area is 131 Å². The van der Waals surface area contributed by atoms with Crippen LogP contribution in [0.15, 0.2) is 48.5 Å². The van der Waals surface area contributed by atoms with Crippen LogP contribution in [0.1, 0.15) is 29.0 Å². The standard InChI is InChI=1S/C18H22ClNO/c1-13-5-2-3-6-14(13)9-10-18(21)17(12-20)15-7-4-8-16(19)11-15/h2-8,11,17-18,21H,9-10,12,20H2,1H3. The summed E-state index contributed by atoms with van der Waals surface area (Å²) in [5.41, 5.74) is 9.39. The monoisotopic (exact) mass is 303 g/mol. The second-order valence-electron chi connectivity index (χ2n) is 5.43. The van der Waals surface area contributed by atoms with Gasteiger partial charge in [-0.05, 0) is 48.6 Å². The summed E-state index contributed by atoms with van der Waals surface area (Å²) in [5.74, 6) is -0.0762. The summed E-state index contributed by atoms with van der Waals surface area (Å²) in [6.07, 6.45) is 1.08. The third-order valence-corrected chi connectivity index (χ3v) is 4.20. The highest BCUT2D eigenvalue weighted by molar-refractivity contribution is 6.30. The van der Waals surface area contributed by atoms with Gasteiger partial charge in [-0.15, -0.1) is 0 Å². The van der Waals surface area contributed by atoms with Crippen LogP contribution in [0.3, 0.4) is 0 Å². The molecule has 0 saturated heterocycles. The zero-order valence-electron chi connectivity index (χ0n) is 12.3. The van der Waals surface area contributed by atoms with Crippen molar-refractivity contribution in [3.8, 4) is 0 Å². The molecule has 0 fully saturated rings. The molecule has 2 aromatic carbocycles. The fraction of sp³-hybridized carbons (Fsp3) is 0.333. The molecule has 2 rings (SSSR count). The lowest BCUT2D eigenvalue weighted by Crippen LogP contribution is -2.26. The van der Waals surface area contributed by atoms with Crippen molar-refractivity contribution in [3.05, 3.63) is 70.2 Å². The molecule has 3 N–H and O–H groups in total. The molecular formula is C18H22ClNO. The third-order valence-electron chi connectivity index (χ3n) is 3.97. The first-order valence-electron chi connectivity index (χ1n) is 7.30. The molecule has 0 aliphatic rings. The summed E-state index contributed by atoms with van der Waals surface area (Å²) in [6, 6.07) is 15.9. The first kappa shape index (κ1) is 16.0. The number of aliphatic hydroxyl groups is 1. The van der Waals surface area contributed by atoms with Gasteiger partial charge in [-0.2, -0.15) is 0 Å². The van der Waals surface area contributed by atoms with E-state index in [9.17, 15) is 5.11 Å². The zero-order valence-corrected chi connectivity index (χ0v) is 13.1. The molecule has 2 unspecified atom stereocenters. The molecule has 2 atom stereocenters. The van der Waals surface area contributed by atoms with Gasteiger partial charge in [0.05, 0.1) is 6.10 Å². The summed E-state index contributed by atoms with van der Waals surface area (Å²) in [6.45, 7) is 2.51. The molecule has 0 spiro atoms. The Morgan fingerprint density at radius 2 is 1.90 bits per heavy atom. The van der Waals surface area contributed by atoms with Crippen LogP contribution in [0.5, 0.6) is 0 Å². The lowest BCUT2D eigenvalue weighted by Gasteiger charge is -2.22. The molecule has 0 bridgehead atoms. The Balaban J connectivity index is 2.04. The summed E-state index contributed by atoms with van der Waals surface area (Å²) in [5, 5.41) is 11.2. The van der Waals surface area contributed by atoms with Crippen molar-refractivity contribution in [3.63, 3.8) is 0 Å². The fourth-order valence-electron chi connectivity index (χ4n) is 2.65. The number of halogens is 1. The van der Waals surface area contributed by atoms with E-state index in [2.05, 4.69) is 19.1 Å². The highest BCUT2D eigenvalue weighted by atomic mass is 35.5. The van der Waals surface area contributed by atoms with Crippen molar-refractivity contribution in [2.45, 2.75) is 31.8 Å². The second kappa shape index (κ2) is 7.60. The minimum atomic E-state index is -0.465. The van der Waals surface area contributed by atoms with Crippen molar-refractivity contribution in [2.75, 3.05) is 6.54 Å². The molecule has 2 aromatic rings. The van der Waals surface area contributed by atoms with Crippen molar-refractivity contribution < 1.29 is 5.11 Å². The van der Waals surface area contributed by atoms with Gasteiger partial charge in [0.25, 0.3) is 0 Å². The van der Waals surface area contributed by atoms with Gasteiger partial charge in [-0.1, -0.05) is 48.0 Å². The highest BCUT2D eigenvalue weighted by Crippen LogP contribution is 2.25. The van der Waals surface area contributed by atoms with E-state index in [4.69, 9.17) is 17.3 Å². The Kier molecular flexibility index (Phi) is 5.80. The fourth-order valence-corrected chi connectivity index (χ4v) is 2.85. The molecule has 2 nitrogen and oxygen atoms in total. The van der Waals surface area contributed by atoms with E-state index in [1.165, 1.54) is 11.1 Å². The topological polar surface area (TPSA) is 46.2 Å². The number of rotatable bonds is 6. The molecule has 0 amide bonds. The Morgan fingerprint density at radius 3 is 2.57 bits per heavy atom. The summed E-state index contributed by atoms with van der Waals surface area (Å²) in [7, 11) is 0. The molecule has 0 heterocycles. The maximum atomic E-state index is 10.5. The van der Waals surface area contributed by atoms with Crippen LogP contribution in [0, 0.1) is 6.92 Å². The van der Waals surface area contributed by atoms with Crippen LogP contribution in [0.4, 0.5) is 0 Å². The Morgan fingerprint density at radius 1 is 1.14 bits per heavy atom. The van der Waals surface area contributed by atoms with Gasteiger partial charge in [0.15, 0.2) is 0 Å². The van der Waals surface area contributed by atoms with Crippen molar-refractivity contribution in [1.29, 1.82) is 0 Å². The maximum absolute atomic E-state index is 10.5. The Hall–Kier alpha value is -1.35. The second-order valence-corrected chi connectivity index (χ2v) is 5.87. The molecule has 3 heteroatoms. The number of nitrogens with two attached hydrogens (primary N) is 1. The van der Waals surface area contributed by atoms with Gasteiger partial charge >= 0.3 is 0 Å². The average Bonchev–Trinajstić information content (AvgIpc) is 2.47. The van der Waals surface area contributed by atoms with Crippen LogP contribution in [0.2, 0.25) is 5.02 Å². The molecule has 21 heavy (non-hydrogen) atoms. The molecule has 0 saturated carbocycles. The normalized spacial score (nSPS) is 13.9. The van der Waals surface area contributed by atoms with E-state index in [1.54, 1.807) is 0 Å². The number of benzene rings is 2. The van der Waals surface area contributed by atoms with Crippen LogP contribution < -0.4 is 5.73 Å². The summed E-state index contributed by atoms with van der Waals surface area (Å²) >= 11 is 6.02. The van der Waals surface area contributed by atoms with Gasteiger partial charge in [0.1, 0.15) is 0 Å². The largest absolute Gasteiger partial charge is 0.392 e. The summed E-state index contributed by atoms with van der Waals surface area (Å²) in [4.78, 5) is 0. The van der Waals surface area contributed by atoms with E-state index >= 15 is 0 Å². The van der Waals surface area contributed by atoms with Gasteiger partial charge in [0, 0.05) is 17.5 Å². The lowest BCUT2D eigenvalue weighted by molar-refractivity contribution is 0.136. The quantitative estimate of drug-likeness (QED) is 0.855. The smallest absolute Gasteiger partial charge is 0.0624 e. The van der Waals surface area contributed by atoms with E-state index in [0.29, 0.717) is 18.0 Å². The van der Waals surface area contributed by atoms with E-state index in [1.807, 2.05) is 36.4 Å². The molecule has 0 radical (unpaired) electrons. The van der Waals surface area contributed by atoms with Gasteiger partial charge in [-0.25, -0.2) is 0 Å². The van der Waals surface area contributed by atoms with Crippen LogP contribution in [-0.2, 0) is 6.42 Å². The van der Waals surface area contributed by atoms with E-state index in [0.717, 1.165) is 12.0 Å². The van der Waals surface area contributed by atoms with Gasteiger partial charge < -0.3 is 10.8 Å². The SMILES string of the molecule is Cc1ccccc1CCC(O)C(CN)c1cccc(Cl)c1. The first-order valence-corrected chi connectivity index (χ1v) is 7.67. The third kappa shape index (κ3) is 4.31. The molecule has 112 valence electrons. The molecule has 0 aliphatic carbocycles. The number of hydrogen-bond acceptors (Lipinski definition) is 2. The minimum Gasteiger partial charge on any atom is -0.392 e. The van der Waals surface area contributed by atoms with Crippen molar-refractivity contribution in [2.24, 2.45) is 5.73 Å². The van der Waals surface area contributed by atoms with Crippen LogP contribution >= 0.6 is 11.6 Å². The van der Waals surface area contributed by atoms with Crippen LogP contribution in [-0.4, -0.2) is 17.8 Å². The average molecular weight is 304 g/mol. The Bertz CT molecular complexity index is 585. The predicted octanol–water partition coefficient (Wildman–Crippen LogP) is 3.68. The number of aliphatic hydroxyl groups excluding tert-OH is 1. The minimum absolute atomic E-state index is 0.0762. The first-order chi connectivity index (χ1) is 10.1. The van der Waals surface area contributed by atoms with Crippen molar-refractivity contribution in [1.82, 2.24) is 0 Å². The van der Waals surface area contributed by atoms with Gasteiger partial charge in [-0.3, -0.25) is 0 Å². The number of hydrogen-bond donors (Lipinski definition) is 2. The summed E-state index contributed by atoms with van der Waals surface area (Å²) < 4.78 is 0. The lowest BCUT2D eigenvalue weighted by atomic mass is 9.89. The molecule has 0 aromatic heterocycles. The highest BCUT2D eigenvalue weighted by Gasteiger charge is 2.20. The van der Waals surface area contributed by atoms with E-state index < -0.39 is 6.10 Å². The van der Waals surface area contributed by atoms with Crippen LogP contribution in [0.25, 0.3) is 0 Å². The number of aryl methyl sites for hydroxylation is 2. The van der Waals surface area contributed by atoms with E-state index in [-0.39, 0.29) is 5.92 Å². The zero-order chi connectivity index (χ0) is 15.2. The maximum Gasteiger partial charge on any atom is 0.0624 e. The molecular weight excluding hydrogens is 282 g/mol. The van der Waals surface area contributed by atoms with Crippen molar-refractivity contribution >= 4 is 11.6 Å². The van der Waals surface area contributed by atoms with Gasteiger partial charge in [0.2, 0.25) is 0 Å². The predicted molar refractivity (Wildman–Crippen MR) is 88.8 cm³/mol. The molecule has 0 aliphatic heterocycles.